The molecule has 24 heavy (non-hydrogen) atoms. The van der Waals surface area contributed by atoms with Gasteiger partial charge in [-0.3, -0.25) is 0 Å². The quantitative estimate of drug-likeness (QED) is 0.653. The average molecular weight is 342 g/mol. The largest absolute Gasteiger partial charge is 0.491 e. The summed E-state index contributed by atoms with van der Waals surface area (Å²) in [6, 6.07) is 3.64. The highest BCUT2D eigenvalue weighted by atomic mass is 19.4. The van der Waals surface area contributed by atoms with Crippen molar-refractivity contribution in [2.45, 2.75) is 45.1 Å². The Balaban J connectivity index is 2.43. The summed E-state index contributed by atoms with van der Waals surface area (Å²) in [6.07, 6.45) is -3.15. The Morgan fingerprint density at radius 2 is 1.71 bits per heavy atom. The maximum absolute atomic E-state index is 13.2. The molecule has 1 heterocycles. The summed E-state index contributed by atoms with van der Waals surface area (Å²) in [4.78, 5) is 0. The highest BCUT2D eigenvalue weighted by molar-refractivity contribution is 6.55. The third-order valence-corrected chi connectivity index (χ3v) is 4.52. The van der Waals surface area contributed by atoms with E-state index in [0.717, 1.165) is 6.07 Å². The summed E-state index contributed by atoms with van der Waals surface area (Å²) in [5, 5.41) is 0. The van der Waals surface area contributed by atoms with Crippen molar-refractivity contribution in [1.29, 1.82) is 0 Å². The summed E-state index contributed by atoms with van der Waals surface area (Å²) in [5.41, 5.74) is 9.67. The van der Waals surface area contributed by atoms with Crippen molar-refractivity contribution in [3.63, 3.8) is 0 Å². The van der Waals surface area contributed by atoms with Gasteiger partial charge in [0, 0.05) is 12.2 Å². The van der Waals surface area contributed by atoms with Crippen LogP contribution in [0, 0.1) is 0 Å². The highest BCUT2D eigenvalue weighted by Gasteiger charge is 2.52. The number of alkyl halides is 3. The van der Waals surface area contributed by atoms with E-state index in [0.29, 0.717) is 5.47 Å². The molecule has 1 saturated heterocycles. The van der Waals surface area contributed by atoms with Crippen molar-refractivity contribution in [1.82, 2.24) is 0 Å². The number of nitrogen functional groups attached to an aromatic ring is 1. The second kappa shape index (κ2) is 6.09. The molecule has 132 valence electrons. The molecule has 0 aromatic heterocycles. The summed E-state index contributed by atoms with van der Waals surface area (Å²) in [6.45, 7) is 7.48. The summed E-state index contributed by atoms with van der Waals surface area (Å²) in [5.74, 6) is 0. The fourth-order valence-electron chi connectivity index (χ4n) is 2.36. The molecule has 4 N–H and O–H groups in total. The molecular formula is C16H22BF3N2O2. The van der Waals surface area contributed by atoms with Crippen LogP contribution in [0.1, 0.15) is 38.8 Å². The molecule has 0 atom stereocenters. The van der Waals surface area contributed by atoms with Gasteiger partial charge in [-0.15, -0.1) is 0 Å². The Kier molecular flexibility index (Phi) is 4.78. The van der Waals surface area contributed by atoms with Gasteiger partial charge in [-0.25, -0.2) is 0 Å². The van der Waals surface area contributed by atoms with Crippen LogP contribution in [0.15, 0.2) is 23.7 Å². The van der Waals surface area contributed by atoms with Crippen LogP contribution in [0.3, 0.4) is 0 Å². The molecule has 0 aliphatic carbocycles. The molecule has 0 spiro atoms. The Labute approximate surface area is 140 Å². The van der Waals surface area contributed by atoms with E-state index in [9.17, 15) is 13.2 Å². The third-order valence-electron chi connectivity index (χ3n) is 4.52. The normalized spacial score (nSPS) is 20.5. The Bertz CT molecular complexity index is 641. The molecule has 0 bridgehead atoms. The minimum atomic E-state index is -4.52. The lowest BCUT2D eigenvalue weighted by atomic mass is 9.76. The molecule has 8 heteroatoms. The van der Waals surface area contributed by atoms with Crippen molar-refractivity contribution >= 4 is 18.9 Å². The number of halogens is 3. The van der Waals surface area contributed by atoms with Crippen molar-refractivity contribution < 1.29 is 22.5 Å². The predicted octanol–water partition coefficient (Wildman–Crippen LogP) is 3.26. The smallest absolute Gasteiger partial charge is 0.400 e. The van der Waals surface area contributed by atoms with Gasteiger partial charge in [0.15, 0.2) is 0 Å². The van der Waals surface area contributed by atoms with Crippen LogP contribution >= 0.6 is 0 Å². The number of hydrogen-bond donors (Lipinski definition) is 2. The van der Waals surface area contributed by atoms with E-state index in [1.165, 1.54) is 18.2 Å². The molecular weight excluding hydrogens is 320 g/mol. The molecule has 1 aromatic rings. The Hall–Kier alpha value is -1.51. The first kappa shape index (κ1) is 18.8. The molecule has 0 radical (unpaired) electrons. The standard InChI is InChI=1S/C16H22BF3N2O2/c1-14(2)15(3,4)24-17(23-14)11(9-21)7-10-5-6-12(22)8-13(10)16(18,19)20/h5-8H,9,21-22H2,1-4H3. The van der Waals surface area contributed by atoms with E-state index in [-0.39, 0.29) is 17.8 Å². The van der Waals surface area contributed by atoms with E-state index in [1.807, 2.05) is 27.7 Å². The third kappa shape index (κ3) is 3.60. The lowest BCUT2D eigenvalue weighted by Gasteiger charge is -2.32. The monoisotopic (exact) mass is 342 g/mol. The van der Waals surface area contributed by atoms with E-state index in [4.69, 9.17) is 20.8 Å². The number of nitrogens with two attached hydrogens (primary N) is 2. The lowest BCUT2D eigenvalue weighted by Crippen LogP contribution is -2.41. The predicted molar refractivity (Wildman–Crippen MR) is 89.0 cm³/mol. The second-order valence-corrected chi connectivity index (χ2v) is 6.86. The van der Waals surface area contributed by atoms with Gasteiger partial charge in [0.05, 0.1) is 16.8 Å². The van der Waals surface area contributed by atoms with Crippen molar-refractivity contribution in [3.05, 3.63) is 34.8 Å². The Morgan fingerprint density at radius 3 is 2.17 bits per heavy atom. The maximum atomic E-state index is 13.2. The zero-order chi connectivity index (χ0) is 18.3. The first-order valence-corrected chi connectivity index (χ1v) is 7.60. The molecule has 1 aromatic carbocycles. The molecule has 0 unspecified atom stereocenters. The van der Waals surface area contributed by atoms with Crippen LogP contribution in [-0.4, -0.2) is 24.9 Å². The van der Waals surface area contributed by atoms with Crippen molar-refractivity contribution in [3.8, 4) is 0 Å². The van der Waals surface area contributed by atoms with E-state index in [1.54, 1.807) is 0 Å². The number of rotatable bonds is 3. The number of anilines is 1. The van der Waals surface area contributed by atoms with E-state index < -0.39 is 30.1 Å². The SMILES string of the molecule is CC1(C)OB(C(=Cc2ccc(N)cc2C(F)(F)F)CN)OC1(C)C. The summed E-state index contributed by atoms with van der Waals surface area (Å²) in [7, 11) is -0.793. The molecule has 0 saturated carbocycles. The first-order chi connectivity index (χ1) is 10.9. The van der Waals surface area contributed by atoms with Gasteiger partial charge < -0.3 is 20.8 Å². The first-order valence-electron chi connectivity index (χ1n) is 7.60. The van der Waals surface area contributed by atoms with Crippen LogP contribution in [0.2, 0.25) is 0 Å². The minimum absolute atomic E-state index is 0.0124. The van der Waals surface area contributed by atoms with Gasteiger partial charge in [0.25, 0.3) is 0 Å². The van der Waals surface area contributed by atoms with Crippen LogP contribution in [-0.2, 0) is 15.5 Å². The van der Waals surface area contributed by atoms with Gasteiger partial charge in [-0.05, 0) is 50.9 Å². The minimum Gasteiger partial charge on any atom is -0.400 e. The Morgan fingerprint density at radius 1 is 1.17 bits per heavy atom. The highest BCUT2D eigenvalue weighted by Crippen LogP contribution is 2.39. The van der Waals surface area contributed by atoms with Crippen molar-refractivity contribution in [2.75, 3.05) is 12.3 Å². The topological polar surface area (TPSA) is 70.5 Å². The van der Waals surface area contributed by atoms with Gasteiger partial charge in [0.1, 0.15) is 0 Å². The van der Waals surface area contributed by atoms with E-state index >= 15 is 0 Å². The van der Waals surface area contributed by atoms with E-state index in [2.05, 4.69) is 0 Å². The van der Waals surface area contributed by atoms with Gasteiger partial charge in [-0.2, -0.15) is 13.2 Å². The lowest BCUT2D eigenvalue weighted by molar-refractivity contribution is -0.137. The zero-order valence-corrected chi connectivity index (χ0v) is 14.2. The van der Waals surface area contributed by atoms with Crippen LogP contribution in [0.5, 0.6) is 0 Å². The molecule has 0 amide bonds. The number of hydrogen-bond acceptors (Lipinski definition) is 4. The molecule has 1 aliphatic rings. The van der Waals surface area contributed by atoms with Crippen LogP contribution < -0.4 is 11.5 Å². The molecule has 1 fully saturated rings. The average Bonchev–Trinajstić information content (AvgIpc) is 2.64. The fraction of sp³-hybridized carbons (Fsp3) is 0.500. The van der Waals surface area contributed by atoms with Gasteiger partial charge in [-0.1, -0.05) is 12.1 Å². The molecule has 4 nitrogen and oxygen atoms in total. The zero-order valence-electron chi connectivity index (χ0n) is 14.2. The van der Waals surface area contributed by atoms with Crippen LogP contribution in [0.4, 0.5) is 18.9 Å². The van der Waals surface area contributed by atoms with Gasteiger partial charge >= 0.3 is 13.3 Å². The number of benzene rings is 1. The van der Waals surface area contributed by atoms with Crippen molar-refractivity contribution in [2.24, 2.45) is 5.73 Å². The summed E-state index contributed by atoms with van der Waals surface area (Å²) >= 11 is 0. The van der Waals surface area contributed by atoms with Crippen LogP contribution in [0.25, 0.3) is 6.08 Å². The fourth-order valence-corrected chi connectivity index (χ4v) is 2.36. The van der Waals surface area contributed by atoms with Gasteiger partial charge in [0.2, 0.25) is 0 Å². The second-order valence-electron chi connectivity index (χ2n) is 6.86. The maximum Gasteiger partial charge on any atom is 0.491 e. The molecule has 1 aliphatic heterocycles. The molecule has 2 rings (SSSR count). The summed E-state index contributed by atoms with van der Waals surface area (Å²) < 4.78 is 51.4.